The van der Waals surface area contributed by atoms with Gasteiger partial charge in [-0.15, -0.1) is 0 Å². The van der Waals surface area contributed by atoms with Gasteiger partial charge in [0.2, 0.25) is 15.9 Å². The number of rotatable bonds is 5. The number of aromatic amines is 1. The van der Waals surface area contributed by atoms with Crippen LogP contribution in [0.4, 0.5) is 0 Å². The van der Waals surface area contributed by atoms with E-state index in [2.05, 4.69) is 15.0 Å². The average molecular weight is 435 g/mol. The van der Waals surface area contributed by atoms with Crippen molar-refractivity contribution in [3.63, 3.8) is 0 Å². The second-order valence-electron chi connectivity index (χ2n) is 7.56. The largest absolute Gasteiger partial charge is 0.439 e. The van der Waals surface area contributed by atoms with Gasteiger partial charge in [0.15, 0.2) is 0 Å². The van der Waals surface area contributed by atoms with Gasteiger partial charge in [-0.25, -0.2) is 18.4 Å². The van der Waals surface area contributed by atoms with Crippen molar-refractivity contribution in [3.8, 4) is 11.6 Å². The zero-order valence-electron chi connectivity index (χ0n) is 16.8. The molecule has 0 atom stereocenters. The number of sulfonamides is 1. The number of benzene rings is 2. The van der Waals surface area contributed by atoms with Crippen molar-refractivity contribution >= 4 is 21.1 Å². The van der Waals surface area contributed by atoms with Crippen LogP contribution in [0.25, 0.3) is 11.0 Å². The third-order valence-electron chi connectivity index (χ3n) is 5.56. The molecule has 0 amide bonds. The van der Waals surface area contributed by atoms with Crippen LogP contribution in [0.1, 0.15) is 24.6 Å². The average Bonchev–Trinajstić information content (AvgIpc) is 3.25. The van der Waals surface area contributed by atoms with Gasteiger partial charge in [-0.3, -0.25) is 0 Å². The van der Waals surface area contributed by atoms with Crippen LogP contribution in [-0.2, 0) is 10.0 Å². The molecular weight excluding hydrogens is 412 g/mol. The summed E-state index contributed by atoms with van der Waals surface area (Å²) in [6, 6.07) is 20.3. The second kappa shape index (κ2) is 8.13. The number of fused-ring (bicyclic) bond motifs is 1. The number of imidazole rings is 1. The maximum Gasteiger partial charge on any atom is 0.244 e. The summed E-state index contributed by atoms with van der Waals surface area (Å²) in [5, 5.41) is 0. The predicted molar refractivity (Wildman–Crippen MR) is 118 cm³/mol. The lowest BCUT2D eigenvalue weighted by Crippen LogP contribution is -2.38. The fraction of sp³-hybridized carbons (Fsp3) is 0.217. The number of pyridine rings is 1. The van der Waals surface area contributed by atoms with Crippen molar-refractivity contribution in [1.82, 2.24) is 19.3 Å². The molecule has 7 nitrogen and oxygen atoms in total. The molecule has 0 spiro atoms. The molecule has 0 saturated carbocycles. The molecule has 1 N–H and O–H groups in total. The number of hydrogen-bond acceptors (Lipinski definition) is 5. The van der Waals surface area contributed by atoms with Gasteiger partial charge in [-0.05, 0) is 43.2 Å². The van der Waals surface area contributed by atoms with E-state index in [1.807, 2.05) is 54.6 Å². The molecule has 0 radical (unpaired) electrons. The summed E-state index contributed by atoms with van der Waals surface area (Å²) < 4.78 is 33.3. The quantitative estimate of drug-likeness (QED) is 0.505. The van der Waals surface area contributed by atoms with E-state index < -0.39 is 10.0 Å². The summed E-state index contributed by atoms with van der Waals surface area (Å²) in [7, 11) is -3.60. The van der Waals surface area contributed by atoms with E-state index in [-0.39, 0.29) is 10.8 Å². The second-order valence-corrected chi connectivity index (χ2v) is 9.50. The maximum absolute atomic E-state index is 13.1. The summed E-state index contributed by atoms with van der Waals surface area (Å²) in [5.74, 6) is 2.16. The van der Waals surface area contributed by atoms with Gasteiger partial charge in [0, 0.05) is 25.1 Å². The van der Waals surface area contributed by atoms with Gasteiger partial charge in [0.25, 0.3) is 0 Å². The minimum absolute atomic E-state index is 0.176. The molecule has 1 aliphatic heterocycles. The molecule has 31 heavy (non-hydrogen) atoms. The van der Waals surface area contributed by atoms with Crippen LogP contribution in [0.5, 0.6) is 11.6 Å². The molecule has 0 aliphatic carbocycles. The first-order valence-electron chi connectivity index (χ1n) is 10.2. The van der Waals surface area contributed by atoms with Gasteiger partial charge in [-0.2, -0.15) is 4.31 Å². The molecule has 5 rings (SSSR count). The summed E-state index contributed by atoms with van der Waals surface area (Å²) >= 11 is 0. The Morgan fingerprint density at radius 3 is 2.39 bits per heavy atom. The zero-order valence-corrected chi connectivity index (χ0v) is 17.6. The lowest BCUT2D eigenvalue weighted by Gasteiger charge is -2.30. The van der Waals surface area contributed by atoms with E-state index in [0.717, 1.165) is 29.7 Å². The lowest BCUT2D eigenvalue weighted by molar-refractivity contribution is 0.314. The molecule has 1 saturated heterocycles. The molecular formula is C23H22N4O3S. The molecule has 2 aromatic carbocycles. The standard InChI is InChI=1S/C23H22N4O3S/c28-31(29,19-10-11-22(24-16-19)30-18-6-2-1-3-7-18)27-14-12-17(13-15-27)23-25-20-8-4-5-9-21(20)26-23/h1-11,16-17H,12-15H2,(H,25,26). The highest BCUT2D eigenvalue weighted by molar-refractivity contribution is 7.89. The molecule has 0 bridgehead atoms. The van der Waals surface area contributed by atoms with Crippen molar-refractivity contribution in [3.05, 3.63) is 78.8 Å². The van der Waals surface area contributed by atoms with Crippen molar-refractivity contribution in [2.45, 2.75) is 23.7 Å². The zero-order chi connectivity index (χ0) is 21.3. The van der Waals surface area contributed by atoms with E-state index >= 15 is 0 Å². The van der Waals surface area contributed by atoms with Crippen LogP contribution >= 0.6 is 0 Å². The van der Waals surface area contributed by atoms with Gasteiger partial charge >= 0.3 is 0 Å². The van der Waals surface area contributed by atoms with Gasteiger partial charge in [0.1, 0.15) is 16.5 Å². The Balaban J connectivity index is 1.26. The molecule has 8 heteroatoms. The summed E-state index contributed by atoms with van der Waals surface area (Å²) in [4.78, 5) is 12.4. The van der Waals surface area contributed by atoms with Crippen LogP contribution in [-0.4, -0.2) is 40.8 Å². The number of ether oxygens (including phenoxy) is 1. The lowest BCUT2D eigenvalue weighted by atomic mass is 9.97. The molecule has 0 unspecified atom stereocenters. The highest BCUT2D eigenvalue weighted by Crippen LogP contribution is 2.30. The van der Waals surface area contributed by atoms with Crippen molar-refractivity contribution in [2.24, 2.45) is 0 Å². The highest BCUT2D eigenvalue weighted by Gasteiger charge is 2.31. The summed E-state index contributed by atoms with van der Waals surface area (Å²) in [6.45, 7) is 0.901. The molecule has 4 aromatic rings. The molecule has 1 aliphatic rings. The SMILES string of the molecule is O=S(=O)(c1ccc(Oc2ccccc2)nc1)N1CCC(c2nc3ccccc3[nH]2)CC1. The number of aromatic nitrogens is 3. The first kappa shape index (κ1) is 19.7. The van der Waals surface area contributed by atoms with E-state index in [9.17, 15) is 8.42 Å². The number of H-pyrrole nitrogens is 1. The van der Waals surface area contributed by atoms with Crippen LogP contribution in [0, 0.1) is 0 Å². The smallest absolute Gasteiger partial charge is 0.244 e. The van der Waals surface area contributed by atoms with E-state index in [4.69, 9.17) is 4.74 Å². The van der Waals surface area contributed by atoms with Gasteiger partial charge in [-0.1, -0.05) is 30.3 Å². The molecule has 1 fully saturated rings. The minimum atomic E-state index is -3.60. The Bertz CT molecular complexity index is 1250. The van der Waals surface area contributed by atoms with Crippen LogP contribution in [0.3, 0.4) is 0 Å². The fourth-order valence-electron chi connectivity index (χ4n) is 3.87. The van der Waals surface area contributed by atoms with E-state index in [1.165, 1.54) is 10.5 Å². The Labute approximate surface area is 180 Å². The van der Waals surface area contributed by atoms with E-state index in [1.54, 1.807) is 12.1 Å². The Hall–Kier alpha value is -3.23. The van der Waals surface area contributed by atoms with Crippen molar-refractivity contribution in [1.29, 1.82) is 0 Å². The third-order valence-corrected chi connectivity index (χ3v) is 7.44. The number of hydrogen-bond donors (Lipinski definition) is 1. The van der Waals surface area contributed by atoms with Crippen LogP contribution in [0.2, 0.25) is 0 Å². The third kappa shape index (κ3) is 4.04. The predicted octanol–water partition coefficient (Wildman–Crippen LogP) is 4.32. The monoisotopic (exact) mass is 434 g/mol. The first-order chi connectivity index (χ1) is 15.1. The number of para-hydroxylation sites is 3. The Kier molecular flexibility index (Phi) is 5.17. The highest BCUT2D eigenvalue weighted by atomic mass is 32.2. The summed E-state index contributed by atoms with van der Waals surface area (Å²) in [6.07, 6.45) is 2.81. The molecule has 158 valence electrons. The topological polar surface area (TPSA) is 88.2 Å². The van der Waals surface area contributed by atoms with Crippen molar-refractivity contribution < 1.29 is 13.2 Å². The molecule has 2 aromatic heterocycles. The number of nitrogens with zero attached hydrogens (tertiary/aromatic N) is 3. The normalized spacial score (nSPS) is 15.9. The fourth-order valence-corrected chi connectivity index (χ4v) is 5.29. The minimum Gasteiger partial charge on any atom is -0.439 e. The van der Waals surface area contributed by atoms with Crippen molar-refractivity contribution in [2.75, 3.05) is 13.1 Å². The summed E-state index contributed by atoms with van der Waals surface area (Å²) in [5.41, 5.74) is 1.95. The van der Waals surface area contributed by atoms with E-state index in [0.29, 0.717) is 24.7 Å². The Morgan fingerprint density at radius 2 is 1.68 bits per heavy atom. The van der Waals surface area contributed by atoms with Crippen LogP contribution in [0.15, 0.2) is 77.8 Å². The maximum atomic E-state index is 13.1. The molecule has 3 heterocycles. The van der Waals surface area contributed by atoms with Crippen LogP contribution < -0.4 is 4.74 Å². The van der Waals surface area contributed by atoms with Gasteiger partial charge < -0.3 is 9.72 Å². The number of piperidine rings is 1. The Morgan fingerprint density at radius 1 is 0.935 bits per heavy atom. The first-order valence-corrected chi connectivity index (χ1v) is 11.7. The number of nitrogens with one attached hydrogen (secondary N) is 1. The van der Waals surface area contributed by atoms with Gasteiger partial charge in [0.05, 0.1) is 17.2 Å².